The minimum absolute atomic E-state index is 0.300. The second kappa shape index (κ2) is 6.04. The molecular formula is C13H20N2O3. The van der Waals surface area contributed by atoms with Gasteiger partial charge in [-0.05, 0) is 31.2 Å². The smallest absolute Gasteiger partial charge is 0.231 e. The Morgan fingerprint density at radius 1 is 1.39 bits per heavy atom. The van der Waals surface area contributed by atoms with Gasteiger partial charge in [0.1, 0.15) is 0 Å². The number of benzene rings is 1. The number of aliphatic hydroxyl groups excluding tert-OH is 1. The minimum atomic E-state index is -0.452. The van der Waals surface area contributed by atoms with Crippen molar-refractivity contribution in [1.29, 1.82) is 0 Å². The largest absolute Gasteiger partial charge is 0.454 e. The Morgan fingerprint density at radius 2 is 2.17 bits per heavy atom. The third kappa shape index (κ3) is 3.35. The Hall–Kier alpha value is -1.30. The lowest BCUT2D eigenvalue weighted by molar-refractivity contribution is 0.133. The maximum Gasteiger partial charge on any atom is 0.231 e. The summed E-state index contributed by atoms with van der Waals surface area (Å²) in [6, 6.07) is 5.99. The van der Waals surface area contributed by atoms with Gasteiger partial charge in [0, 0.05) is 19.6 Å². The van der Waals surface area contributed by atoms with E-state index in [1.165, 1.54) is 5.56 Å². The van der Waals surface area contributed by atoms with Crippen LogP contribution in [0.2, 0.25) is 0 Å². The topological polar surface area (TPSA) is 68.0 Å². The van der Waals surface area contributed by atoms with Crippen molar-refractivity contribution < 1.29 is 14.6 Å². The second-order valence-corrected chi connectivity index (χ2v) is 4.59. The number of hydrogen-bond donors (Lipinski definition) is 2. The van der Waals surface area contributed by atoms with Crippen molar-refractivity contribution in [3.8, 4) is 11.5 Å². The van der Waals surface area contributed by atoms with Crippen molar-refractivity contribution in [2.45, 2.75) is 12.5 Å². The first-order valence-electron chi connectivity index (χ1n) is 6.14. The number of likely N-dealkylation sites (N-methyl/N-ethyl adjacent to an activating group) is 1. The predicted octanol–water partition coefficient (Wildman–Crippen LogP) is 0.209. The summed E-state index contributed by atoms with van der Waals surface area (Å²) in [6.07, 6.45) is 0.455. The van der Waals surface area contributed by atoms with Crippen LogP contribution in [0, 0.1) is 0 Å². The number of nitrogens with zero attached hydrogens (tertiary/aromatic N) is 1. The summed E-state index contributed by atoms with van der Waals surface area (Å²) in [5, 5.41) is 9.45. The van der Waals surface area contributed by atoms with E-state index in [-0.39, 0.29) is 0 Å². The molecule has 0 amide bonds. The van der Waals surface area contributed by atoms with E-state index in [1.54, 1.807) is 0 Å². The van der Waals surface area contributed by atoms with Gasteiger partial charge in [0.25, 0.3) is 0 Å². The van der Waals surface area contributed by atoms with E-state index in [1.807, 2.05) is 25.2 Å². The fourth-order valence-corrected chi connectivity index (χ4v) is 1.94. The molecule has 1 aromatic rings. The lowest BCUT2D eigenvalue weighted by Crippen LogP contribution is -2.35. The summed E-state index contributed by atoms with van der Waals surface area (Å²) in [5.74, 6) is 1.63. The number of fused-ring (bicyclic) bond motifs is 1. The van der Waals surface area contributed by atoms with Crippen molar-refractivity contribution in [2.75, 3.05) is 33.5 Å². The van der Waals surface area contributed by atoms with Crippen LogP contribution < -0.4 is 15.2 Å². The van der Waals surface area contributed by atoms with Gasteiger partial charge in [-0.15, -0.1) is 0 Å². The van der Waals surface area contributed by atoms with Gasteiger partial charge in [-0.1, -0.05) is 6.07 Å². The van der Waals surface area contributed by atoms with E-state index in [9.17, 15) is 5.11 Å². The Labute approximate surface area is 107 Å². The molecule has 0 aromatic heterocycles. The highest BCUT2D eigenvalue weighted by Gasteiger charge is 2.13. The molecule has 2 rings (SSSR count). The van der Waals surface area contributed by atoms with E-state index in [0.29, 0.717) is 19.9 Å². The van der Waals surface area contributed by atoms with Gasteiger partial charge in [-0.2, -0.15) is 0 Å². The molecule has 1 aliphatic heterocycles. The van der Waals surface area contributed by atoms with Gasteiger partial charge in [0.05, 0.1) is 6.10 Å². The number of hydrogen-bond acceptors (Lipinski definition) is 5. The summed E-state index contributed by atoms with van der Waals surface area (Å²) >= 11 is 0. The summed E-state index contributed by atoms with van der Waals surface area (Å²) in [5.41, 5.74) is 6.58. The molecule has 0 radical (unpaired) electrons. The molecule has 0 saturated carbocycles. The maximum atomic E-state index is 9.45. The summed E-state index contributed by atoms with van der Waals surface area (Å²) in [4.78, 5) is 2.07. The van der Waals surface area contributed by atoms with Crippen LogP contribution in [0.15, 0.2) is 18.2 Å². The lowest BCUT2D eigenvalue weighted by atomic mass is 10.1. The lowest BCUT2D eigenvalue weighted by Gasteiger charge is -2.19. The van der Waals surface area contributed by atoms with Gasteiger partial charge >= 0.3 is 0 Å². The third-order valence-corrected chi connectivity index (χ3v) is 3.01. The average molecular weight is 252 g/mol. The third-order valence-electron chi connectivity index (χ3n) is 3.01. The molecular weight excluding hydrogens is 232 g/mol. The summed E-state index contributed by atoms with van der Waals surface area (Å²) in [7, 11) is 1.98. The monoisotopic (exact) mass is 252 g/mol. The molecule has 0 aliphatic carbocycles. The second-order valence-electron chi connectivity index (χ2n) is 4.59. The number of rotatable bonds is 6. The van der Waals surface area contributed by atoms with E-state index in [2.05, 4.69) is 4.90 Å². The fourth-order valence-electron chi connectivity index (χ4n) is 1.94. The molecule has 1 unspecified atom stereocenters. The van der Waals surface area contributed by atoms with Gasteiger partial charge < -0.3 is 25.2 Å². The molecule has 0 fully saturated rings. The van der Waals surface area contributed by atoms with Gasteiger partial charge in [0.15, 0.2) is 11.5 Å². The molecule has 1 atom stereocenters. The maximum absolute atomic E-state index is 9.45. The normalized spacial score (nSPS) is 15.1. The molecule has 0 saturated heterocycles. The number of nitrogens with two attached hydrogens (primary N) is 1. The van der Waals surface area contributed by atoms with E-state index >= 15 is 0 Å². The zero-order chi connectivity index (χ0) is 13.0. The Morgan fingerprint density at radius 3 is 2.94 bits per heavy atom. The van der Waals surface area contributed by atoms with Crippen LogP contribution in [0.4, 0.5) is 0 Å². The summed E-state index contributed by atoms with van der Waals surface area (Å²) < 4.78 is 10.6. The van der Waals surface area contributed by atoms with E-state index in [4.69, 9.17) is 15.2 Å². The standard InChI is InChI=1S/C13H20N2O3/c1-15(8-11(16)7-14)5-4-10-2-3-12-13(6-10)18-9-17-12/h2-3,6,11,16H,4-5,7-9,14H2,1H3. The van der Waals surface area contributed by atoms with E-state index < -0.39 is 6.10 Å². The van der Waals surface area contributed by atoms with Crippen LogP contribution >= 0.6 is 0 Å². The quantitative estimate of drug-likeness (QED) is 0.757. The Balaban J connectivity index is 1.83. The first-order chi connectivity index (χ1) is 8.69. The molecule has 0 bridgehead atoms. The van der Waals surface area contributed by atoms with E-state index in [0.717, 1.165) is 24.5 Å². The molecule has 5 heteroatoms. The number of aliphatic hydroxyl groups is 1. The van der Waals surface area contributed by atoms with Crippen LogP contribution in [0.5, 0.6) is 11.5 Å². The first kappa shape index (κ1) is 13.1. The molecule has 1 aliphatic rings. The Bertz CT molecular complexity index is 398. The van der Waals surface area contributed by atoms with Crippen molar-refractivity contribution in [3.63, 3.8) is 0 Å². The molecule has 1 heterocycles. The zero-order valence-corrected chi connectivity index (χ0v) is 10.6. The first-order valence-corrected chi connectivity index (χ1v) is 6.14. The molecule has 1 aromatic carbocycles. The Kier molecular flexibility index (Phi) is 4.41. The molecule has 3 N–H and O–H groups in total. The van der Waals surface area contributed by atoms with Crippen molar-refractivity contribution >= 4 is 0 Å². The predicted molar refractivity (Wildman–Crippen MR) is 68.8 cm³/mol. The molecule has 18 heavy (non-hydrogen) atoms. The van der Waals surface area contributed by atoms with Crippen LogP contribution in [0.1, 0.15) is 5.56 Å². The van der Waals surface area contributed by atoms with Gasteiger partial charge in [-0.3, -0.25) is 0 Å². The summed E-state index contributed by atoms with van der Waals surface area (Å²) in [6.45, 7) is 2.08. The average Bonchev–Trinajstić information content (AvgIpc) is 2.83. The van der Waals surface area contributed by atoms with Gasteiger partial charge in [-0.25, -0.2) is 0 Å². The minimum Gasteiger partial charge on any atom is -0.454 e. The van der Waals surface area contributed by atoms with Crippen LogP contribution in [0.25, 0.3) is 0 Å². The van der Waals surface area contributed by atoms with Gasteiger partial charge in [0.2, 0.25) is 6.79 Å². The van der Waals surface area contributed by atoms with Crippen LogP contribution in [-0.4, -0.2) is 49.6 Å². The highest BCUT2D eigenvalue weighted by molar-refractivity contribution is 5.44. The van der Waals surface area contributed by atoms with Crippen molar-refractivity contribution in [1.82, 2.24) is 4.90 Å². The highest BCUT2D eigenvalue weighted by atomic mass is 16.7. The zero-order valence-electron chi connectivity index (χ0n) is 10.6. The molecule has 0 spiro atoms. The van der Waals surface area contributed by atoms with Crippen LogP contribution in [-0.2, 0) is 6.42 Å². The van der Waals surface area contributed by atoms with Crippen molar-refractivity contribution in [3.05, 3.63) is 23.8 Å². The highest BCUT2D eigenvalue weighted by Crippen LogP contribution is 2.32. The SMILES string of the molecule is CN(CCc1ccc2c(c1)OCO2)CC(O)CN. The molecule has 100 valence electrons. The number of ether oxygens (including phenoxy) is 2. The van der Waals surface area contributed by atoms with Crippen molar-refractivity contribution in [2.24, 2.45) is 5.73 Å². The molecule has 5 nitrogen and oxygen atoms in total. The van der Waals surface area contributed by atoms with Crippen LogP contribution in [0.3, 0.4) is 0 Å². The fraction of sp³-hybridized carbons (Fsp3) is 0.538.